The van der Waals surface area contributed by atoms with Crippen molar-refractivity contribution >= 4 is 17.9 Å². The predicted molar refractivity (Wildman–Crippen MR) is 84.8 cm³/mol. The van der Waals surface area contributed by atoms with E-state index in [1.54, 1.807) is 37.5 Å². The molecule has 2 aromatic carbocycles. The van der Waals surface area contributed by atoms with Gasteiger partial charge in [0.1, 0.15) is 5.75 Å². The van der Waals surface area contributed by atoms with Crippen molar-refractivity contribution in [1.29, 1.82) is 0 Å². The van der Waals surface area contributed by atoms with Crippen molar-refractivity contribution in [3.8, 4) is 5.75 Å². The standard InChI is InChI=1S/C18H15NO3/c1-12-4-3-5-13(10-12)11-16-18(20)22-17(19-16)14-6-8-15(21-2)9-7-14/h3-11H,1-2H3/b16-11+. The van der Waals surface area contributed by atoms with Gasteiger partial charge >= 0.3 is 5.97 Å². The Morgan fingerprint density at radius 3 is 2.59 bits per heavy atom. The number of hydrogen-bond donors (Lipinski definition) is 0. The maximum Gasteiger partial charge on any atom is 0.363 e. The molecule has 0 aliphatic carbocycles. The lowest BCUT2D eigenvalue weighted by Gasteiger charge is -2.01. The van der Waals surface area contributed by atoms with Crippen molar-refractivity contribution in [2.75, 3.05) is 7.11 Å². The van der Waals surface area contributed by atoms with Crippen LogP contribution >= 0.6 is 0 Å². The molecule has 0 saturated heterocycles. The highest BCUT2D eigenvalue weighted by molar-refractivity contribution is 6.12. The molecule has 4 nitrogen and oxygen atoms in total. The molecule has 1 heterocycles. The number of carbonyl (C=O) groups excluding carboxylic acids is 1. The fourth-order valence-electron chi connectivity index (χ4n) is 2.18. The van der Waals surface area contributed by atoms with Crippen LogP contribution in [0.2, 0.25) is 0 Å². The third kappa shape index (κ3) is 2.91. The highest BCUT2D eigenvalue weighted by atomic mass is 16.6. The average Bonchev–Trinajstić information content (AvgIpc) is 2.88. The number of rotatable bonds is 3. The third-order valence-corrected chi connectivity index (χ3v) is 3.30. The first-order chi connectivity index (χ1) is 10.7. The van der Waals surface area contributed by atoms with E-state index in [4.69, 9.17) is 9.47 Å². The van der Waals surface area contributed by atoms with Crippen molar-refractivity contribution < 1.29 is 14.3 Å². The van der Waals surface area contributed by atoms with Crippen molar-refractivity contribution in [3.63, 3.8) is 0 Å². The molecule has 4 heteroatoms. The summed E-state index contributed by atoms with van der Waals surface area (Å²) >= 11 is 0. The minimum Gasteiger partial charge on any atom is -0.497 e. The molecular weight excluding hydrogens is 278 g/mol. The first-order valence-corrected chi connectivity index (χ1v) is 6.89. The molecule has 0 unspecified atom stereocenters. The molecule has 0 aromatic heterocycles. The summed E-state index contributed by atoms with van der Waals surface area (Å²) in [7, 11) is 1.60. The fourth-order valence-corrected chi connectivity index (χ4v) is 2.18. The van der Waals surface area contributed by atoms with Gasteiger partial charge in [0.15, 0.2) is 5.70 Å². The van der Waals surface area contributed by atoms with Crippen LogP contribution in [0.3, 0.4) is 0 Å². The second-order valence-corrected chi connectivity index (χ2v) is 4.98. The number of aliphatic imine (C=N–C) groups is 1. The van der Waals surface area contributed by atoms with E-state index in [2.05, 4.69) is 4.99 Å². The molecule has 0 saturated carbocycles. The number of ether oxygens (including phenoxy) is 2. The number of benzene rings is 2. The Labute approximate surface area is 128 Å². The van der Waals surface area contributed by atoms with Gasteiger partial charge < -0.3 is 9.47 Å². The van der Waals surface area contributed by atoms with Gasteiger partial charge in [-0.15, -0.1) is 0 Å². The summed E-state index contributed by atoms with van der Waals surface area (Å²) in [6.07, 6.45) is 1.73. The molecule has 0 amide bonds. The molecule has 0 N–H and O–H groups in total. The van der Waals surface area contributed by atoms with E-state index in [0.29, 0.717) is 11.6 Å². The SMILES string of the molecule is COc1ccc(C2=N/C(=C/c3cccc(C)c3)C(=O)O2)cc1. The highest BCUT2D eigenvalue weighted by Gasteiger charge is 2.24. The van der Waals surface area contributed by atoms with Crippen LogP contribution in [0.5, 0.6) is 5.75 Å². The van der Waals surface area contributed by atoms with Crippen LogP contribution in [0.25, 0.3) is 6.08 Å². The second-order valence-electron chi connectivity index (χ2n) is 4.98. The highest BCUT2D eigenvalue weighted by Crippen LogP contribution is 2.21. The average molecular weight is 293 g/mol. The number of methoxy groups -OCH3 is 1. The Bertz CT molecular complexity index is 773. The maximum absolute atomic E-state index is 11.9. The van der Waals surface area contributed by atoms with Gasteiger partial charge in [-0.3, -0.25) is 0 Å². The van der Waals surface area contributed by atoms with E-state index in [-0.39, 0.29) is 0 Å². The zero-order valence-electron chi connectivity index (χ0n) is 12.4. The minimum atomic E-state index is -0.438. The molecule has 22 heavy (non-hydrogen) atoms. The van der Waals surface area contributed by atoms with Gasteiger partial charge in [0, 0.05) is 5.56 Å². The molecule has 1 aliphatic heterocycles. The van der Waals surface area contributed by atoms with Crippen molar-refractivity contribution in [2.24, 2.45) is 4.99 Å². The van der Waals surface area contributed by atoms with E-state index in [1.807, 2.05) is 31.2 Å². The van der Waals surface area contributed by atoms with Crippen LogP contribution in [0.4, 0.5) is 0 Å². The number of cyclic esters (lactones) is 1. The first-order valence-electron chi connectivity index (χ1n) is 6.89. The van der Waals surface area contributed by atoms with Crippen molar-refractivity contribution in [1.82, 2.24) is 0 Å². The van der Waals surface area contributed by atoms with Crippen LogP contribution in [0.15, 0.2) is 59.2 Å². The van der Waals surface area contributed by atoms with Crippen molar-refractivity contribution in [2.45, 2.75) is 6.92 Å². The van der Waals surface area contributed by atoms with Gasteiger partial charge in [-0.05, 0) is 42.8 Å². The summed E-state index contributed by atoms with van der Waals surface area (Å²) in [6, 6.07) is 15.1. The second kappa shape index (κ2) is 5.85. The predicted octanol–water partition coefficient (Wildman–Crippen LogP) is 3.35. The Balaban J connectivity index is 1.90. The van der Waals surface area contributed by atoms with E-state index < -0.39 is 5.97 Å². The third-order valence-electron chi connectivity index (χ3n) is 3.30. The Morgan fingerprint density at radius 1 is 1.14 bits per heavy atom. The summed E-state index contributed by atoms with van der Waals surface area (Å²) in [5.41, 5.74) is 3.09. The molecule has 0 spiro atoms. The minimum absolute atomic E-state index is 0.302. The van der Waals surface area contributed by atoms with E-state index >= 15 is 0 Å². The first kappa shape index (κ1) is 14.1. The molecule has 0 fully saturated rings. The molecule has 0 radical (unpaired) electrons. The topological polar surface area (TPSA) is 47.9 Å². The van der Waals surface area contributed by atoms with Gasteiger partial charge in [-0.1, -0.05) is 29.8 Å². The fraction of sp³-hybridized carbons (Fsp3) is 0.111. The summed E-state index contributed by atoms with van der Waals surface area (Å²) in [4.78, 5) is 16.2. The Kier molecular flexibility index (Phi) is 3.74. The Hall–Kier alpha value is -2.88. The smallest absolute Gasteiger partial charge is 0.363 e. The van der Waals surface area contributed by atoms with Crippen LogP contribution in [0.1, 0.15) is 16.7 Å². The van der Waals surface area contributed by atoms with E-state index in [1.165, 1.54) is 0 Å². The zero-order valence-corrected chi connectivity index (χ0v) is 12.4. The molecular formula is C18H15NO3. The van der Waals surface area contributed by atoms with Crippen LogP contribution < -0.4 is 4.74 Å². The molecule has 110 valence electrons. The summed E-state index contributed by atoms with van der Waals surface area (Å²) in [5.74, 6) is 0.614. The molecule has 2 aromatic rings. The lowest BCUT2D eigenvalue weighted by atomic mass is 10.1. The summed E-state index contributed by atoms with van der Waals surface area (Å²) in [6.45, 7) is 2.00. The molecule has 3 rings (SSSR count). The number of esters is 1. The number of aryl methyl sites for hydroxylation is 1. The van der Waals surface area contributed by atoms with Gasteiger partial charge in [0.25, 0.3) is 0 Å². The molecule has 1 aliphatic rings. The maximum atomic E-state index is 11.9. The van der Waals surface area contributed by atoms with Gasteiger partial charge in [-0.25, -0.2) is 9.79 Å². The van der Waals surface area contributed by atoms with Crippen LogP contribution in [0, 0.1) is 6.92 Å². The Morgan fingerprint density at radius 2 is 1.91 bits per heavy atom. The van der Waals surface area contributed by atoms with Gasteiger partial charge in [0.2, 0.25) is 5.90 Å². The van der Waals surface area contributed by atoms with Crippen LogP contribution in [-0.4, -0.2) is 19.0 Å². The van der Waals surface area contributed by atoms with E-state index in [9.17, 15) is 4.79 Å². The van der Waals surface area contributed by atoms with Gasteiger partial charge in [-0.2, -0.15) is 0 Å². The zero-order chi connectivity index (χ0) is 15.5. The molecule has 0 bridgehead atoms. The molecule has 0 atom stereocenters. The van der Waals surface area contributed by atoms with Gasteiger partial charge in [0.05, 0.1) is 7.11 Å². The van der Waals surface area contributed by atoms with Crippen LogP contribution in [-0.2, 0) is 9.53 Å². The number of carbonyl (C=O) groups is 1. The summed E-state index contributed by atoms with van der Waals surface area (Å²) < 4.78 is 10.3. The number of nitrogens with zero attached hydrogens (tertiary/aromatic N) is 1. The lowest BCUT2D eigenvalue weighted by molar-refractivity contribution is -0.129. The van der Waals surface area contributed by atoms with E-state index in [0.717, 1.165) is 22.4 Å². The lowest BCUT2D eigenvalue weighted by Crippen LogP contribution is -2.05. The summed E-state index contributed by atoms with van der Waals surface area (Å²) in [5, 5.41) is 0. The quantitative estimate of drug-likeness (QED) is 0.644. The number of hydrogen-bond acceptors (Lipinski definition) is 4. The monoisotopic (exact) mass is 293 g/mol. The normalized spacial score (nSPS) is 15.6. The van der Waals surface area contributed by atoms with Crippen molar-refractivity contribution in [3.05, 3.63) is 70.9 Å². The largest absolute Gasteiger partial charge is 0.497 e.